The van der Waals surface area contributed by atoms with Gasteiger partial charge in [-0.3, -0.25) is 14.4 Å². The van der Waals surface area contributed by atoms with E-state index in [0.717, 1.165) is 14.7 Å². The molecule has 0 saturated carbocycles. The Bertz CT molecular complexity index is 1340. The number of carbonyl (C=O) groups is 1. The largest absolute Gasteiger partial charge is 0.463 e. The fraction of sp³-hybridized carbons (Fsp3) is 0.136. The first-order valence-corrected chi connectivity index (χ1v) is 10.5. The summed E-state index contributed by atoms with van der Waals surface area (Å²) in [5.41, 5.74) is 1.24. The monoisotopic (exact) mass is 495 g/mol. The summed E-state index contributed by atoms with van der Waals surface area (Å²) >= 11 is 3.38. The van der Waals surface area contributed by atoms with Gasteiger partial charge in [-0.2, -0.15) is 10.2 Å². The second-order valence-electron chi connectivity index (χ2n) is 6.83. The van der Waals surface area contributed by atoms with Crippen LogP contribution < -0.4 is 16.4 Å². The van der Waals surface area contributed by atoms with E-state index in [1.165, 1.54) is 23.1 Å². The van der Waals surface area contributed by atoms with E-state index in [4.69, 9.17) is 4.42 Å². The normalized spacial score (nSPS) is 10.8. The third kappa shape index (κ3) is 5.09. The first kappa shape index (κ1) is 21.4. The van der Waals surface area contributed by atoms with Crippen molar-refractivity contribution in [2.45, 2.75) is 13.1 Å². The molecule has 9 nitrogen and oxygen atoms in total. The molecular formula is C22H18BrN5O4. The number of furan rings is 1. The van der Waals surface area contributed by atoms with E-state index in [-0.39, 0.29) is 30.8 Å². The lowest BCUT2D eigenvalue weighted by molar-refractivity contribution is -0.121. The van der Waals surface area contributed by atoms with Crippen LogP contribution in [0.1, 0.15) is 0 Å². The average molecular weight is 496 g/mol. The van der Waals surface area contributed by atoms with Gasteiger partial charge in [0.25, 0.3) is 11.1 Å². The van der Waals surface area contributed by atoms with Crippen molar-refractivity contribution < 1.29 is 9.21 Å². The summed E-state index contributed by atoms with van der Waals surface area (Å²) in [4.78, 5) is 36.5. The van der Waals surface area contributed by atoms with Crippen LogP contribution in [0.2, 0.25) is 0 Å². The number of amides is 1. The molecule has 0 bridgehead atoms. The minimum absolute atomic E-state index is 0.161. The van der Waals surface area contributed by atoms with E-state index in [0.29, 0.717) is 17.1 Å². The van der Waals surface area contributed by atoms with Crippen LogP contribution in [0.3, 0.4) is 0 Å². The quantitative estimate of drug-likeness (QED) is 0.421. The molecule has 4 aromatic rings. The first-order valence-electron chi connectivity index (χ1n) is 9.72. The lowest BCUT2D eigenvalue weighted by Crippen LogP contribution is -2.36. The molecule has 0 saturated heterocycles. The van der Waals surface area contributed by atoms with Gasteiger partial charge in [-0.05, 0) is 36.4 Å². The zero-order chi connectivity index (χ0) is 22.5. The topological polar surface area (TPSA) is 112 Å². The summed E-state index contributed by atoms with van der Waals surface area (Å²) in [5.74, 6) is 0.140. The van der Waals surface area contributed by atoms with Crippen LogP contribution in [0.5, 0.6) is 0 Å². The van der Waals surface area contributed by atoms with Crippen LogP contribution >= 0.6 is 15.9 Å². The predicted molar refractivity (Wildman–Crippen MR) is 121 cm³/mol. The van der Waals surface area contributed by atoms with Gasteiger partial charge in [-0.25, -0.2) is 9.36 Å². The second-order valence-corrected chi connectivity index (χ2v) is 7.74. The van der Waals surface area contributed by atoms with Crippen molar-refractivity contribution in [3.8, 4) is 22.7 Å². The first-order chi connectivity index (χ1) is 15.5. The van der Waals surface area contributed by atoms with Crippen LogP contribution in [0.25, 0.3) is 22.7 Å². The molecule has 1 aromatic carbocycles. The molecule has 0 radical (unpaired) electrons. The van der Waals surface area contributed by atoms with Crippen molar-refractivity contribution in [3.05, 3.63) is 92.1 Å². The number of nitrogens with zero attached hydrogens (tertiary/aromatic N) is 4. The number of halogens is 1. The standard InChI is InChI=1S/C22H18BrN5O4/c23-16-5-3-15(4-6-16)17-7-9-22(31)28(25-17)14-20(29)24-11-12-27-21(30)10-8-18(26-27)19-2-1-13-32-19/h1-10,13H,11-12,14H2,(H,24,29). The highest BCUT2D eigenvalue weighted by Crippen LogP contribution is 2.18. The van der Waals surface area contributed by atoms with Gasteiger partial charge < -0.3 is 9.73 Å². The molecule has 0 fully saturated rings. The molecule has 10 heteroatoms. The summed E-state index contributed by atoms with van der Waals surface area (Å²) < 4.78 is 8.57. The van der Waals surface area contributed by atoms with Gasteiger partial charge >= 0.3 is 0 Å². The Hall–Kier alpha value is -3.79. The number of carbonyl (C=O) groups excluding carboxylic acids is 1. The van der Waals surface area contributed by atoms with Crippen molar-refractivity contribution in [1.82, 2.24) is 24.9 Å². The molecule has 0 aliphatic carbocycles. The zero-order valence-electron chi connectivity index (χ0n) is 16.8. The molecule has 0 spiro atoms. The zero-order valence-corrected chi connectivity index (χ0v) is 18.4. The Morgan fingerprint density at radius 3 is 2.31 bits per heavy atom. The molecule has 0 aliphatic rings. The lowest BCUT2D eigenvalue weighted by atomic mass is 10.1. The van der Waals surface area contributed by atoms with E-state index in [9.17, 15) is 14.4 Å². The molecule has 3 heterocycles. The number of nitrogens with one attached hydrogen (secondary N) is 1. The molecule has 3 aromatic heterocycles. The molecule has 0 atom stereocenters. The number of aromatic nitrogens is 4. The molecule has 0 unspecified atom stereocenters. The Kier molecular flexibility index (Phi) is 6.41. The van der Waals surface area contributed by atoms with Gasteiger partial charge in [0.1, 0.15) is 12.2 Å². The van der Waals surface area contributed by atoms with Gasteiger partial charge in [0.15, 0.2) is 5.76 Å². The molecule has 32 heavy (non-hydrogen) atoms. The molecular weight excluding hydrogens is 478 g/mol. The fourth-order valence-corrected chi connectivity index (χ4v) is 3.26. The maximum Gasteiger partial charge on any atom is 0.267 e. The van der Waals surface area contributed by atoms with Crippen LogP contribution in [-0.4, -0.2) is 32.0 Å². The molecule has 1 amide bonds. The number of hydrogen-bond donors (Lipinski definition) is 1. The Morgan fingerprint density at radius 2 is 1.59 bits per heavy atom. The fourth-order valence-electron chi connectivity index (χ4n) is 2.99. The van der Waals surface area contributed by atoms with Gasteiger partial charge in [0, 0.05) is 28.7 Å². The number of benzene rings is 1. The van der Waals surface area contributed by atoms with Gasteiger partial charge in [-0.1, -0.05) is 28.1 Å². The summed E-state index contributed by atoms with van der Waals surface area (Å²) in [6.45, 7) is 0.0901. The van der Waals surface area contributed by atoms with Crippen molar-refractivity contribution >= 4 is 21.8 Å². The number of rotatable bonds is 7. The van der Waals surface area contributed by atoms with Crippen molar-refractivity contribution in [1.29, 1.82) is 0 Å². The Balaban J connectivity index is 1.39. The van der Waals surface area contributed by atoms with Crippen molar-refractivity contribution in [2.24, 2.45) is 0 Å². The van der Waals surface area contributed by atoms with Gasteiger partial charge in [0.05, 0.1) is 18.5 Å². The highest BCUT2D eigenvalue weighted by atomic mass is 79.9. The minimum atomic E-state index is -0.400. The molecule has 4 rings (SSSR count). The predicted octanol–water partition coefficient (Wildman–Crippen LogP) is 2.31. The second kappa shape index (κ2) is 9.56. The van der Waals surface area contributed by atoms with Gasteiger partial charge in [0.2, 0.25) is 5.91 Å². The van der Waals surface area contributed by atoms with E-state index >= 15 is 0 Å². The SMILES string of the molecule is O=C(Cn1nc(-c2ccc(Br)cc2)ccc1=O)NCCn1nc(-c2ccco2)ccc1=O. The van der Waals surface area contributed by atoms with Crippen LogP contribution in [0.4, 0.5) is 0 Å². The third-order valence-corrected chi connectivity index (χ3v) is 5.11. The van der Waals surface area contributed by atoms with Crippen LogP contribution in [0, 0.1) is 0 Å². The van der Waals surface area contributed by atoms with E-state index < -0.39 is 5.91 Å². The summed E-state index contributed by atoms with van der Waals surface area (Å²) in [6, 6.07) is 16.9. The summed E-state index contributed by atoms with van der Waals surface area (Å²) in [7, 11) is 0. The third-order valence-electron chi connectivity index (χ3n) is 4.59. The highest BCUT2D eigenvalue weighted by molar-refractivity contribution is 9.10. The average Bonchev–Trinajstić information content (AvgIpc) is 3.32. The Labute approximate surface area is 190 Å². The lowest BCUT2D eigenvalue weighted by Gasteiger charge is -2.09. The Morgan fingerprint density at radius 1 is 0.906 bits per heavy atom. The van der Waals surface area contributed by atoms with Crippen molar-refractivity contribution in [2.75, 3.05) is 6.54 Å². The molecule has 162 valence electrons. The smallest absolute Gasteiger partial charge is 0.267 e. The maximum absolute atomic E-state index is 12.3. The van der Waals surface area contributed by atoms with E-state index in [1.54, 1.807) is 24.3 Å². The number of hydrogen-bond acceptors (Lipinski definition) is 6. The minimum Gasteiger partial charge on any atom is -0.463 e. The van der Waals surface area contributed by atoms with E-state index in [1.807, 2.05) is 24.3 Å². The maximum atomic E-state index is 12.3. The summed E-state index contributed by atoms with van der Waals surface area (Å²) in [5, 5.41) is 11.2. The molecule has 1 N–H and O–H groups in total. The van der Waals surface area contributed by atoms with Crippen LogP contribution in [0.15, 0.2) is 85.4 Å². The summed E-state index contributed by atoms with van der Waals surface area (Å²) in [6.07, 6.45) is 1.52. The molecule has 0 aliphatic heterocycles. The highest BCUT2D eigenvalue weighted by Gasteiger charge is 2.09. The van der Waals surface area contributed by atoms with Gasteiger partial charge in [-0.15, -0.1) is 0 Å². The van der Waals surface area contributed by atoms with Crippen LogP contribution in [-0.2, 0) is 17.9 Å². The van der Waals surface area contributed by atoms with E-state index in [2.05, 4.69) is 31.4 Å². The van der Waals surface area contributed by atoms with Crippen molar-refractivity contribution in [3.63, 3.8) is 0 Å².